The van der Waals surface area contributed by atoms with E-state index in [1.54, 1.807) is 11.8 Å². The first kappa shape index (κ1) is 21.6. The van der Waals surface area contributed by atoms with E-state index < -0.39 is 5.92 Å². The van der Waals surface area contributed by atoms with E-state index in [1.807, 2.05) is 41.3 Å². The molecule has 1 fully saturated rings. The zero-order chi connectivity index (χ0) is 21.8. The van der Waals surface area contributed by atoms with E-state index >= 15 is 0 Å². The Bertz CT molecular complexity index is 1080. The van der Waals surface area contributed by atoms with Gasteiger partial charge in [-0.1, -0.05) is 37.8 Å². The average Bonchev–Trinajstić information content (AvgIpc) is 2.93. The number of pyridine rings is 1. The van der Waals surface area contributed by atoms with Gasteiger partial charge in [0.15, 0.2) is 0 Å². The van der Waals surface area contributed by atoms with Crippen molar-refractivity contribution in [1.82, 2.24) is 4.98 Å². The highest BCUT2D eigenvalue weighted by molar-refractivity contribution is 7.99. The second-order valence-corrected chi connectivity index (χ2v) is 9.15. The summed E-state index contributed by atoms with van der Waals surface area (Å²) in [6.45, 7) is 7.24. The zero-order valence-electron chi connectivity index (χ0n) is 17.7. The number of thioether (sulfide) groups is 1. The van der Waals surface area contributed by atoms with Crippen LogP contribution in [0.2, 0.25) is 0 Å². The average molecular weight is 440 g/mol. The summed E-state index contributed by atoms with van der Waals surface area (Å²) in [4.78, 5) is 8.05. The van der Waals surface area contributed by atoms with Gasteiger partial charge in [0.2, 0.25) is 5.92 Å². The maximum atomic E-state index is 14.0. The number of fused-ring (bicyclic) bond motifs is 1. The number of halogens is 2. The van der Waals surface area contributed by atoms with Crippen molar-refractivity contribution in [1.29, 1.82) is 0 Å². The third-order valence-electron chi connectivity index (χ3n) is 5.49. The topological polar surface area (TPSA) is 28.2 Å². The number of hydrogen-bond donors (Lipinski definition) is 1. The lowest BCUT2D eigenvalue weighted by molar-refractivity contribution is -0.0102. The fourth-order valence-electron chi connectivity index (χ4n) is 3.92. The number of nitrogens with zero attached hydrogens (tertiary/aromatic N) is 2. The molecule has 0 saturated carbocycles. The molecule has 0 radical (unpaired) electrons. The molecule has 3 aromatic rings. The monoisotopic (exact) mass is 439 g/mol. The SMILES string of the molecule is C=C(Nc1cccc(SCC)c1)c1cc2ccccc2nc1N1CCCC(F)(F)CC1. The van der Waals surface area contributed by atoms with Gasteiger partial charge in [-0.05, 0) is 42.5 Å². The second kappa shape index (κ2) is 9.27. The Morgan fingerprint density at radius 1 is 1.13 bits per heavy atom. The van der Waals surface area contributed by atoms with Gasteiger partial charge in [-0.15, -0.1) is 11.8 Å². The lowest BCUT2D eigenvalue weighted by atomic mass is 10.1. The normalized spacial score (nSPS) is 16.2. The highest BCUT2D eigenvalue weighted by Gasteiger charge is 2.32. The molecule has 0 atom stereocenters. The van der Waals surface area contributed by atoms with Gasteiger partial charge in [-0.3, -0.25) is 0 Å². The van der Waals surface area contributed by atoms with E-state index in [1.165, 1.54) is 4.90 Å². The summed E-state index contributed by atoms with van der Waals surface area (Å²) >= 11 is 1.78. The van der Waals surface area contributed by atoms with Gasteiger partial charge in [0.1, 0.15) is 5.82 Å². The minimum Gasteiger partial charge on any atom is -0.356 e. The quantitative estimate of drug-likeness (QED) is 0.416. The van der Waals surface area contributed by atoms with Crippen molar-refractivity contribution < 1.29 is 8.78 Å². The van der Waals surface area contributed by atoms with Crippen molar-refractivity contribution in [2.45, 2.75) is 37.0 Å². The van der Waals surface area contributed by atoms with Crippen LogP contribution >= 0.6 is 11.8 Å². The van der Waals surface area contributed by atoms with Crippen LogP contribution < -0.4 is 10.2 Å². The van der Waals surface area contributed by atoms with Crippen molar-refractivity contribution in [3.05, 3.63) is 66.7 Å². The van der Waals surface area contributed by atoms with Gasteiger partial charge >= 0.3 is 0 Å². The lowest BCUT2D eigenvalue weighted by Crippen LogP contribution is -2.28. The summed E-state index contributed by atoms with van der Waals surface area (Å²) in [5.41, 5.74) is 3.36. The molecule has 2 heterocycles. The summed E-state index contributed by atoms with van der Waals surface area (Å²) in [5, 5.41) is 4.41. The smallest absolute Gasteiger partial charge is 0.249 e. The molecule has 0 spiro atoms. The second-order valence-electron chi connectivity index (χ2n) is 7.81. The van der Waals surface area contributed by atoms with E-state index in [0.717, 1.165) is 27.9 Å². The molecular weight excluding hydrogens is 412 g/mol. The third kappa shape index (κ3) is 5.18. The summed E-state index contributed by atoms with van der Waals surface area (Å²) < 4.78 is 27.9. The van der Waals surface area contributed by atoms with Gasteiger partial charge in [0, 0.05) is 53.2 Å². The van der Waals surface area contributed by atoms with Crippen molar-refractivity contribution >= 4 is 39.9 Å². The van der Waals surface area contributed by atoms with Crippen LogP contribution in [0.5, 0.6) is 0 Å². The minimum atomic E-state index is -2.61. The molecular formula is C25H27F2N3S. The van der Waals surface area contributed by atoms with Crippen molar-refractivity contribution in [3.63, 3.8) is 0 Å². The molecule has 0 unspecified atom stereocenters. The number of hydrogen-bond acceptors (Lipinski definition) is 4. The summed E-state index contributed by atoms with van der Waals surface area (Å²) in [5.74, 6) is -0.894. The first-order valence-corrected chi connectivity index (χ1v) is 11.7. The van der Waals surface area contributed by atoms with Crippen LogP contribution in [0.4, 0.5) is 20.3 Å². The molecule has 0 aliphatic carbocycles. The number of aromatic nitrogens is 1. The Hall–Kier alpha value is -2.60. The van der Waals surface area contributed by atoms with Gasteiger partial charge in [0.25, 0.3) is 0 Å². The molecule has 1 aliphatic heterocycles. The van der Waals surface area contributed by atoms with Gasteiger partial charge in [0.05, 0.1) is 5.52 Å². The summed E-state index contributed by atoms with van der Waals surface area (Å²) in [6.07, 6.45) is 0.210. The number of para-hydroxylation sites is 1. The van der Waals surface area contributed by atoms with Crippen LogP contribution in [-0.4, -0.2) is 29.7 Å². The summed E-state index contributed by atoms with van der Waals surface area (Å²) in [6, 6.07) is 18.1. The van der Waals surface area contributed by atoms with E-state index in [-0.39, 0.29) is 19.4 Å². The Morgan fingerprint density at radius 2 is 1.97 bits per heavy atom. The van der Waals surface area contributed by atoms with Crippen molar-refractivity contribution in [2.75, 3.05) is 29.1 Å². The number of anilines is 2. The van der Waals surface area contributed by atoms with Gasteiger partial charge < -0.3 is 10.2 Å². The Labute approximate surface area is 186 Å². The number of alkyl halides is 2. The molecule has 2 aromatic carbocycles. The number of nitrogens with one attached hydrogen (secondary N) is 1. The van der Waals surface area contributed by atoms with Crippen molar-refractivity contribution in [2.24, 2.45) is 0 Å². The molecule has 1 N–H and O–H groups in total. The molecule has 1 aliphatic rings. The largest absolute Gasteiger partial charge is 0.356 e. The zero-order valence-corrected chi connectivity index (χ0v) is 18.5. The fourth-order valence-corrected chi connectivity index (χ4v) is 4.63. The van der Waals surface area contributed by atoms with E-state index in [9.17, 15) is 8.78 Å². The van der Waals surface area contributed by atoms with Crippen LogP contribution in [0.3, 0.4) is 0 Å². The van der Waals surface area contributed by atoms with Crippen LogP contribution in [0.15, 0.2) is 66.1 Å². The molecule has 31 heavy (non-hydrogen) atoms. The first-order valence-electron chi connectivity index (χ1n) is 10.7. The third-order valence-corrected chi connectivity index (χ3v) is 6.36. The Morgan fingerprint density at radius 3 is 2.81 bits per heavy atom. The van der Waals surface area contributed by atoms with Crippen LogP contribution in [0.1, 0.15) is 31.7 Å². The maximum Gasteiger partial charge on any atom is 0.249 e. The van der Waals surface area contributed by atoms with Crippen LogP contribution in [0, 0.1) is 0 Å². The van der Waals surface area contributed by atoms with Gasteiger partial charge in [-0.25, -0.2) is 13.8 Å². The highest BCUT2D eigenvalue weighted by atomic mass is 32.2. The maximum absolute atomic E-state index is 14.0. The molecule has 3 nitrogen and oxygen atoms in total. The first-order chi connectivity index (χ1) is 14.9. The van der Waals surface area contributed by atoms with E-state index in [2.05, 4.69) is 37.0 Å². The molecule has 1 saturated heterocycles. The molecule has 4 rings (SSSR count). The minimum absolute atomic E-state index is 0.0759. The van der Waals surface area contributed by atoms with Crippen LogP contribution in [-0.2, 0) is 0 Å². The highest BCUT2D eigenvalue weighted by Crippen LogP contribution is 2.34. The molecule has 6 heteroatoms. The Balaban J connectivity index is 1.69. The van der Waals surface area contributed by atoms with Gasteiger partial charge in [-0.2, -0.15) is 0 Å². The lowest BCUT2D eigenvalue weighted by Gasteiger charge is -2.26. The predicted molar refractivity (Wildman–Crippen MR) is 128 cm³/mol. The van der Waals surface area contributed by atoms with E-state index in [4.69, 9.17) is 4.98 Å². The van der Waals surface area contributed by atoms with Crippen LogP contribution in [0.25, 0.3) is 16.6 Å². The predicted octanol–water partition coefficient (Wildman–Crippen LogP) is 7.06. The fraction of sp³-hybridized carbons (Fsp3) is 0.320. The van der Waals surface area contributed by atoms with Crippen molar-refractivity contribution in [3.8, 4) is 0 Å². The number of rotatable bonds is 6. The standard InChI is InChI=1S/C25H27F2N3S/c1-3-31-21-10-6-9-20(17-21)28-18(2)22-16-19-8-4-5-11-23(19)29-24(22)30-14-7-12-25(26,27)13-15-30/h4-6,8-11,16-17,28H,2-3,7,12-15H2,1H3. The molecule has 0 amide bonds. The van der Waals surface area contributed by atoms with E-state index in [0.29, 0.717) is 24.5 Å². The molecule has 0 bridgehead atoms. The Kier molecular flexibility index (Phi) is 6.46. The molecule has 162 valence electrons. The number of benzene rings is 2. The summed E-state index contributed by atoms with van der Waals surface area (Å²) in [7, 11) is 0. The molecule has 1 aromatic heterocycles.